The molecule has 0 aliphatic rings. The molecule has 4 rings (SSSR count). The zero-order chi connectivity index (χ0) is 24.1. The smallest absolute Gasteiger partial charge is 0.275 e. The quantitative estimate of drug-likeness (QED) is 0.386. The van der Waals surface area contributed by atoms with Gasteiger partial charge in [0.05, 0.1) is 12.2 Å². The number of nitrogens with one attached hydrogen (secondary N) is 1. The van der Waals surface area contributed by atoms with Crippen molar-refractivity contribution in [2.45, 2.75) is 19.9 Å². The Labute approximate surface area is 196 Å². The van der Waals surface area contributed by atoms with Crippen LogP contribution in [0.5, 0.6) is 0 Å². The number of anilines is 1. The molecule has 0 unspecified atom stereocenters. The van der Waals surface area contributed by atoms with Crippen LogP contribution >= 0.6 is 0 Å². The van der Waals surface area contributed by atoms with Crippen LogP contribution in [0.1, 0.15) is 34.8 Å². The molecule has 0 aliphatic heterocycles. The molecule has 0 atom stereocenters. The molecule has 4 aromatic rings. The number of halogens is 1. The van der Waals surface area contributed by atoms with E-state index in [2.05, 4.69) is 5.32 Å². The summed E-state index contributed by atoms with van der Waals surface area (Å²) in [6, 6.07) is 25.3. The van der Waals surface area contributed by atoms with Crippen LogP contribution in [0, 0.1) is 5.82 Å². The predicted molar refractivity (Wildman–Crippen MR) is 130 cm³/mol. The van der Waals surface area contributed by atoms with E-state index in [1.54, 1.807) is 41.8 Å². The Hall–Kier alpha value is -4.32. The molecular weight excluding hydrogens is 431 g/mol. The minimum absolute atomic E-state index is 0.198. The summed E-state index contributed by atoms with van der Waals surface area (Å²) in [6.07, 6.45) is 0.257. The fourth-order valence-corrected chi connectivity index (χ4v) is 3.69. The normalized spacial score (nSPS) is 10.6. The molecule has 0 saturated carbocycles. The summed E-state index contributed by atoms with van der Waals surface area (Å²) in [4.78, 5) is 38.1. The van der Waals surface area contributed by atoms with Crippen LogP contribution < -0.4 is 10.9 Å². The van der Waals surface area contributed by atoms with E-state index < -0.39 is 5.82 Å². The molecule has 0 spiro atoms. The fraction of sp³-hybridized carbons (Fsp3) is 0.107. The molecule has 0 saturated heterocycles. The molecule has 1 heterocycles. The first-order valence-electron chi connectivity index (χ1n) is 10.9. The highest BCUT2D eigenvalue weighted by molar-refractivity contribution is 6.09. The minimum atomic E-state index is -0.409. The molecular formula is C28H23FN2O3. The van der Waals surface area contributed by atoms with Crippen molar-refractivity contribution >= 4 is 17.4 Å². The Balaban J connectivity index is 1.74. The molecule has 1 N–H and O–H groups in total. The second kappa shape index (κ2) is 10.1. The Morgan fingerprint density at radius 3 is 2.29 bits per heavy atom. The van der Waals surface area contributed by atoms with Crippen LogP contribution in [0.2, 0.25) is 0 Å². The molecule has 170 valence electrons. The summed E-state index contributed by atoms with van der Waals surface area (Å²) >= 11 is 0. The van der Waals surface area contributed by atoms with Crippen LogP contribution in [0.25, 0.3) is 11.3 Å². The summed E-state index contributed by atoms with van der Waals surface area (Å²) in [6.45, 7) is 1.92. The molecule has 6 heteroatoms. The van der Waals surface area contributed by atoms with Gasteiger partial charge in [0.2, 0.25) is 5.91 Å². The molecule has 5 nitrogen and oxygen atoms in total. The lowest BCUT2D eigenvalue weighted by Gasteiger charge is -2.16. The van der Waals surface area contributed by atoms with E-state index in [-0.39, 0.29) is 35.9 Å². The minimum Gasteiger partial charge on any atom is -0.321 e. The molecule has 1 aromatic heterocycles. The molecule has 3 aromatic carbocycles. The van der Waals surface area contributed by atoms with Gasteiger partial charge in [0, 0.05) is 17.5 Å². The summed E-state index contributed by atoms with van der Waals surface area (Å²) in [5.74, 6) is -0.891. The van der Waals surface area contributed by atoms with E-state index in [4.69, 9.17) is 0 Å². The molecule has 0 aliphatic carbocycles. The van der Waals surface area contributed by atoms with E-state index in [1.165, 1.54) is 24.3 Å². The van der Waals surface area contributed by atoms with Crippen LogP contribution in [0.15, 0.2) is 95.8 Å². The molecule has 0 radical (unpaired) electrons. The number of hydrogen-bond acceptors (Lipinski definition) is 3. The Morgan fingerprint density at radius 2 is 1.59 bits per heavy atom. The first kappa shape index (κ1) is 22.9. The third kappa shape index (κ3) is 5.02. The Bertz CT molecular complexity index is 1390. The van der Waals surface area contributed by atoms with Gasteiger partial charge in [-0.15, -0.1) is 0 Å². The number of hydrogen-bond donors (Lipinski definition) is 1. The Kier molecular flexibility index (Phi) is 6.78. The van der Waals surface area contributed by atoms with Crippen molar-refractivity contribution in [3.05, 3.63) is 124 Å². The number of carbonyl (C=O) groups is 2. The third-order valence-corrected chi connectivity index (χ3v) is 5.48. The number of ketones is 1. The standard InChI is InChI=1S/C28H23FN2O3/c1-2-26(32)30-24-15-16-25(20-8-4-3-5-9-20)31(28(24)34)18-19-7-6-10-22(17-19)27(33)21-11-13-23(29)14-12-21/h3-17H,2,18H2,1H3,(H,30,32). The number of pyridine rings is 1. The summed E-state index contributed by atoms with van der Waals surface area (Å²) in [5, 5.41) is 2.66. The van der Waals surface area contributed by atoms with Crippen molar-refractivity contribution in [2.24, 2.45) is 0 Å². The second-order valence-electron chi connectivity index (χ2n) is 7.83. The maximum atomic E-state index is 13.3. The van der Waals surface area contributed by atoms with Gasteiger partial charge in [-0.3, -0.25) is 14.4 Å². The van der Waals surface area contributed by atoms with Gasteiger partial charge in [-0.05, 0) is 53.6 Å². The van der Waals surface area contributed by atoms with E-state index in [9.17, 15) is 18.8 Å². The second-order valence-corrected chi connectivity index (χ2v) is 7.83. The number of carbonyl (C=O) groups excluding carboxylic acids is 2. The van der Waals surface area contributed by atoms with E-state index >= 15 is 0 Å². The average Bonchev–Trinajstić information content (AvgIpc) is 2.87. The van der Waals surface area contributed by atoms with Gasteiger partial charge in [0.25, 0.3) is 5.56 Å². The van der Waals surface area contributed by atoms with Gasteiger partial charge >= 0.3 is 0 Å². The van der Waals surface area contributed by atoms with Gasteiger partial charge in [-0.25, -0.2) is 4.39 Å². The summed E-state index contributed by atoms with van der Waals surface area (Å²) in [5.41, 5.74) is 2.97. The maximum Gasteiger partial charge on any atom is 0.275 e. The van der Waals surface area contributed by atoms with Crippen LogP contribution in [-0.2, 0) is 11.3 Å². The number of amides is 1. The molecule has 0 bridgehead atoms. The van der Waals surface area contributed by atoms with Crippen molar-refractivity contribution in [3.63, 3.8) is 0 Å². The summed E-state index contributed by atoms with van der Waals surface area (Å²) < 4.78 is 14.8. The first-order valence-corrected chi connectivity index (χ1v) is 10.9. The third-order valence-electron chi connectivity index (χ3n) is 5.48. The van der Waals surface area contributed by atoms with Gasteiger partial charge in [0.15, 0.2) is 5.78 Å². The van der Waals surface area contributed by atoms with E-state index in [0.717, 1.165) is 11.1 Å². The SMILES string of the molecule is CCC(=O)Nc1ccc(-c2ccccc2)n(Cc2cccc(C(=O)c3ccc(F)cc3)c2)c1=O. The lowest BCUT2D eigenvalue weighted by molar-refractivity contribution is -0.115. The lowest BCUT2D eigenvalue weighted by atomic mass is 10.0. The van der Waals surface area contributed by atoms with E-state index in [0.29, 0.717) is 16.8 Å². The highest BCUT2D eigenvalue weighted by atomic mass is 19.1. The highest BCUT2D eigenvalue weighted by Crippen LogP contribution is 2.21. The van der Waals surface area contributed by atoms with Crippen LogP contribution in [0.4, 0.5) is 10.1 Å². The predicted octanol–water partition coefficient (Wildman–Crippen LogP) is 5.28. The zero-order valence-corrected chi connectivity index (χ0v) is 18.6. The number of aromatic nitrogens is 1. The number of rotatable bonds is 7. The zero-order valence-electron chi connectivity index (χ0n) is 18.6. The number of benzene rings is 3. The molecule has 0 fully saturated rings. The molecule has 34 heavy (non-hydrogen) atoms. The topological polar surface area (TPSA) is 68.2 Å². The number of nitrogens with zero attached hydrogens (tertiary/aromatic N) is 1. The van der Waals surface area contributed by atoms with Crippen molar-refractivity contribution in [3.8, 4) is 11.3 Å². The molecule has 1 amide bonds. The van der Waals surface area contributed by atoms with Crippen molar-refractivity contribution in [1.82, 2.24) is 4.57 Å². The average molecular weight is 455 g/mol. The van der Waals surface area contributed by atoms with Crippen LogP contribution in [-0.4, -0.2) is 16.3 Å². The maximum absolute atomic E-state index is 13.3. The van der Waals surface area contributed by atoms with Gasteiger partial charge in [0.1, 0.15) is 11.5 Å². The Morgan fingerprint density at radius 1 is 0.853 bits per heavy atom. The van der Waals surface area contributed by atoms with Crippen molar-refractivity contribution in [2.75, 3.05) is 5.32 Å². The largest absolute Gasteiger partial charge is 0.321 e. The van der Waals surface area contributed by atoms with Crippen molar-refractivity contribution in [1.29, 1.82) is 0 Å². The lowest BCUT2D eigenvalue weighted by Crippen LogP contribution is -2.27. The van der Waals surface area contributed by atoms with Crippen LogP contribution in [0.3, 0.4) is 0 Å². The van der Waals surface area contributed by atoms with E-state index in [1.807, 2.05) is 36.4 Å². The highest BCUT2D eigenvalue weighted by Gasteiger charge is 2.14. The van der Waals surface area contributed by atoms with Gasteiger partial charge < -0.3 is 9.88 Å². The fourth-order valence-electron chi connectivity index (χ4n) is 3.69. The van der Waals surface area contributed by atoms with Gasteiger partial charge in [-0.1, -0.05) is 55.5 Å². The monoisotopic (exact) mass is 454 g/mol. The summed E-state index contributed by atoms with van der Waals surface area (Å²) in [7, 11) is 0. The first-order chi connectivity index (χ1) is 16.5. The van der Waals surface area contributed by atoms with Crippen molar-refractivity contribution < 1.29 is 14.0 Å². The van der Waals surface area contributed by atoms with Gasteiger partial charge in [-0.2, -0.15) is 0 Å².